The topological polar surface area (TPSA) is 101 Å². The number of hydrogen-bond acceptors (Lipinski definition) is 8. The lowest BCUT2D eigenvalue weighted by Gasteiger charge is -2.25. The first-order valence-electron chi connectivity index (χ1n) is 13.8. The molecule has 0 radical (unpaired) electrons. The highest BCUT2D eigenvalue weighted by atomic mass is 16.6. The van der Waals surface area contributed by atoms with Crippen molar-refractivity contribution in [1.29, 1.82) is 0 Å². The number of allylic oxidation sites excluding steroid dienone is 2. The minimum Gasteiger partial charge on any atom is -0.455 e. The van der Waals surface area contributed by atoms with E-state index in [-0.39, 0.29) is 6.42 Å². The maximum Gasteiger partial charge on any atom is 0.157 e. The number of benzene rings is 4. The molecule has 0 aromatic heterocycles. The molecule has 43 heavy (non-hydrogen) atoms. The molecule has 8 nitrogen and oxygen atoms in total. The van der Waals surface area contributed by atoms with Gasteiger partial charge in [-0.1, -0.05) is 84.9 Å². The van der Waals surface area contributed by atoms with Crippen molar-refractivity contribution in [1.82, 2.24) is 11.0 Å². The normalized spacial score (nSPS) is 15.5. The van der Waals surface area contributed by atoms with Gasteiger partial charge in [0, 0.05) is 29.7 Å². The van der Waals surface area contributed by atoms with Crippen molar-refractivity contribution in [3.63, 3.8) is 0 Å². The van der Waals surface area contributed by atoms with Crippen LogP contribution in [0.15, 0.2) is 145 Å². The van der Waals surface area contributed by atoms with Crippen molar-refractivity contribution >= 4 is 11.4 Å². The third-order valence-corrected chi connectivity index (χ3v) is 6.96. The Labute approximate surface area is 249 Å². The van der Waals surface area contributed by atoms with Crippen LogP contribution in [0, 0.1) is 0 Å². The van der Waals surface area contributed by atoms with Crippen molar-refractivity contribution in [2.24, 2.45) is 0 Å². The van der Waals surface area contributed by atoms with Crippen LogP contribution in [0.25, 0.3) is 11.4 Å². The summed E-state index contributed by atoms with van der Waals surface area (Å²) in [6.45, 7) is 0. The molecule has 4 N–H and O–H groups in total. The zero-order valence-corrected chi connectivity index (χ0v) is 23.1. The smallest absolute Gasteiger partial charge is 0.157 e. The number of rotatable bonds is 10. The predicted molar refractivity (Wildman–Crippen MR) is 162 cm³/mol. The number of hydroxylamine groups is 2. The first-order valence-corrected chi connectivity index (χ1v) is 13.8. The third-order valence-electron chi connectivity index (χ3n) is 6.96. The Morgan fingerprint density at radius 2 is 0.930 bits per heavy atom. The molecule has 0 aliphatic carbocycles. The van der Waals surface area contributed by atoms with Gasteiger partial charge in [0.1, 0.15) is 35.4 Å². The van der Waals surface area contributed by atoms with E-state index in [9.17, 15) is 10.2 Å². The molecule has 2 aliphatic rings. The molecular weight excluding hydrogens is 544 g/mol. The number of hydrogen-bond donors (Lipinski definition) is 4. The van der Waals surface area contributed by atoms with Gasteiger partial charge in [-0.05, 0) is 35.4 Å². The Balaban J connectivity index is 1.28. The maximum absolute atomic E-state index is 11.5. The minimum absolute atomic E-state index is 0.0196. The molecule has 2 unspecified atom stereocenters. The van der Waals surface area contributed by atoms with Gasteiger partial charge in [-0.2, -0.15) is 0 Å². The second-order valence-electron chi connectivity index (χ2n) is 9.80. The van der Waals surface area contributed by atoms with Crippen LogP contribution in [-0.4, -0.2) is 10.2 Å². The Morgan fingerprint density at radius 3 is 1.37 bits per heavy atom. The van der Waals surface area contributed by atoms with E-state index in [0.717, 1.165) is 0 Å². The predicted octanol–water partition coefficient (Wildman–Crippen LogP) is 6.44. The maximum atomic E-state index is 11.5. The summed E-state index contributed by atoms with van der Waals surface area (Å²) in [5, 5.41) is 23.0. The molecule has 2 atom stereocenters. The molecule has 0 fully saturated rings. The van der Waals surface area contributed by atoms with E-state index in [1.807, 2.05) is 109 Å². The molecule has 0 saturated carbocycles. The summed E-state index contributed by atoms with van der Waals surface area (Å²) in [5.74, 6) is 2.37. The van der Waals surface area contributed by atoms with Gasteiger partial charge in [0.05, 0.1) is 12.2 Å². The highest BCUT2D eigenvalue weighted by Gasteiger charge is 2.26. The molecule has 4 aromatic rings. The van der Waals surface area contributed by atoms with Crippen LogP contribution in [0.2, 0.25) is 0 Å². The van der Waals surface area contributed by atoms with E-state index in [1.54, 1.807) is 12.2 Å². The van der Waals surface area contributed by atoms with Gasteiger partial charge >= 0.3 is 0 Å². The average Bonchev–Trinajstić information content (AvgIpc) is 3.06. The van der Waals surface area contributed by atoms with E-state index in [2.05, 4.69) is 11.0 Å². The summed E-state index contributed by atoms with van der Waals surface area (Å²) in [5.41, 5.74) is 9.49. The number of aliphatic hydroxyl groups is 2. The Morgan fingerprint density at radius 1 is 0.535 bits per heavy atom. The molecule has 216 valence electrons. The van der Waals surface area contributed by atoms with Gasteiger partial charge in [0.25, 0.3) is 0 Å². The van der Waals surface area contributed by atoms with Crippen LogP contribution in [0.1, 0.15) is 40.9 Å². The van der Waals surface area contributed by atoms with Gasteiger partial charge < -0.3 is 29.4 Å². The monoisotopic (exact) mass is 574 g/mol. The van der Waals surface area contributed by atoms with E-state index in [0.29, 0.717) is 56.7 Å². The van der Waals surface area contributed by atoms with Crippen molar-refractivity contribution in [2.75, 3.05) is 0 Å². The van der Waals surface area contributed by atoms with Crippen molar-refractivity contribution in [3.05, 3.63) is 168 Å². The molecule has 8 heteroatoms. The standard InChI is InChI=1S/C35H30N2O6/c38-30(26-15-7-9-17-28(26)34-32(19-21-40-36-34)42-24-11-3-1-4-12-24)23-31(39)27-16-8-10-18-29(27)35-33(20-22-41-37-35)43-25-13-5-2-6-14-25/h1-22,30-31,36-39H,23H2. The quantitative estimate of drug-likeness (QED) is 0.172. The van der Waals surface area contributed by atoms with E-state index in [1.165, 1.54) is 12.5 Å². The SMILES string of the molecule is OC(CC(O)c1ccccc1C1=C(Oc2ccccc2)C=CON1)c1ccccc1C1=C(Oc2ccccc2)C=CON1. The van der Waals surface area contributed by atoms with Crippen LogP contribution in [0.5, 0.6) is 11.5 Å². The van der Waals surface area contributed by atoms with E-state index in [4.69, 9.17) is 19.1 Å². The molecule has 0 bridgehead atoms. The van der Waals surface area contributed by atoms with Crippen LogP contribution >= 0.6 is 0 Å². The summed E-state index contributed by atoms with van der Waals surface area (Å²) in [7, 11) is 0. The van der Waals surface area contributed by atoms with Crippen LogP contribution in [0.3, 0.4) is 0 Å². The fraction of sp³-hybridized carbons (Fsp3) is 0.0857. The minimum atomic E-state index is -1.03. The van der Waals surface area contributed by atoms with Crippen LogP contribution in [-0.2, 0) is 9.68 Å². The first-order chi connectivity index (χ1) is 21.2. The summed E-state index contributed by atoms with van der Waals surface area (Å²) < 4.78 is 12.2. The van der Waals surface area contributed by atoms with Crippen molar-refractivity contribution in [2.45, 2.75) is 18.6 Å². The third kappa shape index (κ3) is 6.41. The summed E-state index contributed by atoms with van der Waals surface area (Å²) >= 11 is 0. The number of aliphatic hydroxyl groups excluding tert-OH is 2. The largest absolute Gasteiger partial charge is 0.455 e. The van der Waals surface area contributed by atoms with Crippen molar-refractivity contribution in [3.8, 4) is 11.5 Å². The van der Waals surface area contributed by atoms with E-state index < -0.39 is 12.2 Å². The lowest BCUT2D eigenvalue weighted by Crippen LogP contribution is -2.20. The highest BCUT2D eigenvalue weighted by Crippen LogP contribution is 2.36. The molecule has 2 aliphatic heterocycles. The fourth-order valence-corrected chi connectivity index (χ4v) is 4.92. The Kier molecular flexibility index (Phi) is 8.40. The number of ether oxygens (including phenoxy) is 2. The van der Waals surface area contributed by atoms with Gasteiger partial charge in [0.2, 0.25) is 0 Å². The van der Waals surface area contributed by atoms with Crippen LogP contribution in [0.4, 0.5) is 0 Å². The lowest BCUT2D eigenvalue weighted by atomic mass is 9.91. The molecule has 6 rings (SSSR count). The number of nitrogens with one attached hydrogen (secondary N) is 2. The van der Waals surface area contributed by atoms with E-state index >= 15 is 0 Å². The zero-order valence-electron chi connectivity index (χ0n) is 23.1. The average molecular weight is 575 g/mol. The number of para-hydroxylation sites is 2. The highest BCUT2D eigenvalue weighted by molar-refractivity contribution is 5.72. The Bertz CT molecular complexity index is 1560. The van der Waals surface area contributed by atoms with Gasteiger partial charge in [-0.3, -0.25) is 0 Å². The second-order valence-corrected chi connectivity index (χ2v) is 9.80. The summed E-state index contributed by atoms with van der Waals surface area (Å²) in [6, 6.07) is 33.6. The second kappa shape index (κ2) is 13.0. The van der Waals surface area contributed by atoms with Crippen LogP contribution < -0.4 is 20.4 Å². The van der Waals surface area contributed by atoms with Crippen molar-refractivity contribution < 1.29 is 29.4 Å². The van der Waals surface area contributed by atoms with Gasteiger partial charge in [0.15, 0.2) is 11.5 Å². The molecule has 0 amide bonds. The van der Waals surface area contributed by atoms with Gasteiger partial charge in [-0.25, -0.2) is 11.0 Å². The zero-order chi connectivity index (χ0) is 29.4. The lowest BCUT2D eigenvalue weighted by molar-refractivity contribution is 0.0797. The first kappa shape index (κ1) is 27.7. The Hall–Kier alpha value is -5.44. The molecule has 2 heterocycles. The van der Waals surface area contributed by atoms with Gasteiger partial charge in [-0.15, -0.1) is 0 Å². The summed E-state index contributed by atoms with van der Waals surface area (Å²) in [4.78, 5) is 10.8. The fourth-order valence-electron chi connectivity index (χ4n) is 4.92. The molecule has 0 saturated heterocycles. The molecule has 4 aromatic carbocycles. The summed E-state index contributed by atoms with van der Waals surface area (Å²) in [6.07, 6.45) is 4.37. The molecular formula is C35H30N2O6. The molecule has 0 spiro atoms.